The summed E-state index contributed by atoms with van der Waals surface area (Å²) in [4.78, 5) is 10.8. The first-order valence-electron chi connectivity index (χ1n) is 5.28. The van der Waals surface area contributed by atoms with Crippen molar-refractivity contribution in [1.29, 1.82) is 0 Å². The average Bonchev–Trinajstić information content (AvgIpc) is 2.31. The molecule has 0 radical (unpaired) electrons. The molecular weight excluding hydrogens is 255 g/mol. The fourth-order valence-electron chi connectivity index (χ4n) is 1.81. The van der Waals surface area contributed by atoms with Gasteiger partial charge in [0.25, 0.3) is 0 Å². The predicted molar refractivity (Wildman–Crippen MR) is 68.5 cm³/mol. The lowest BCUT2D eigenvalue weighted by Crippen LogP contribution is -2.02. The largest absolute Gasteiger partial charge is 0.478 e. The summed E-state index contributed by atoms with van der Waals surface area (Å²) in [7, 11) is 0. The van der Waals surface area contributed by atoms with Crippen LogP contribution in [0.5, 0.6) is 0 Å². The van der Waals surface area contributed by atoms with E-state index in [1.54, 1.807) is 31.2 Å². The molecule has 0 aromatic heterocycles. The van der Waals surface area contributed by atoms with Crippen molar-refractivity contribution in [3.05, 3.63) is 58.4 Å². The summed E-state index contributed by atoms with van der Waals surface area (Å²) in [5.41, 5.74) is 1.77. The molecule has 0 aliphatic carbocycles. The van der Waals surface area contributed by atoms with E-state index in [9.17, 15) is 9.18 Å². The molecule has 0 spiro atoms. The second-order valence-corrected chi connectivity index (χ2v) is 4.40. The first-order chi connectivity index (χ1) is 8.49. The van der Waals surface area contributed by atoms with Crippen molar-refractivity contribution in [3.63, 3.8) is 0 Å². The zero-order valence-corrected chi connectivity index (χ0v) is 10.3. The lowest BCUT2D eigenvalue weighted by Gasteiger charge is -2.08. The second-order valence-electron chi connectivity index (χ2n) is 3.96. The van der Waals surface area contributed by atoms with Crippen LogP contribution in [0.4, 0.5) is 4.39 Å². The average molecular weight is 265 g/mol. The van der Waals surface area contributed by atoms with E-state index in [4.69, 9.17) is 16.7 Å². The molecule has 0 heterocycles. The highest BCUT2D eigenvalue weighted by Crippen LogP contribution is 2.28. The van der Waals surface area contributed by atoms with Crippen LogP contribution in [-0.2, 0) is 0 Å². The molecule has 92 valence electrons. The standard InChI is InChI=1S/C14H10ClFO2/c1-8-5-12(14(17)18)13(16)7-11(8)9-3-2-4-10(15)6-9/h2-7H,1H3,(H,17,18). The Balaban J connectivity index is 2.60. The minimum atomic E-state index is -1.27. The molecule has 0 aliphatic heterocycles. The van der Waals surface area contributed by atoms with Gasteiger partial charge < -0.3 is 5.11 Å². The summed E-state index contributed by atoms with van der Waals surface area (Å²) >= 11 is 5.88. The van der Waals surface area contributed by atoms with E-state index < -0.39 is 11.8 Å². The molecule has 2 aromatic carbocycles. The minimum Gasteiger partial charge on any atom is -0.478 e. The number of aryl methyl sites for hydroxylation is 1. The molecule has 0 atom stereocenters. The number of hydrogen-bond acceptors (Lipinski definition) is 1. The lowest BCUT2D eigenvalue weighted by atomic mass is 9.98. The van der Waals surface area contributed by atoms with Gasteiger partial charge in [-0.15, -0.1) is 0 Å². The SMILES string of the molecule is Cc1cc(C(=O)O)c(F)cc1-c1cccc(Cl)c1. The van der Waals surface area contributed by atoms with Gasteiger partial charge in [-0.2, -0.15) is 0 Å². The maximum absolute atomic E-state index is 13.7. The molecule has 0 fully saturated rings. The predicted octanol–water partition coefficient (Wildman–Crippen LogP) is 4.15. The van der Waals surface area contributed by atoms with E-state index in [2.05, 4.69) is 0 Å². The summed E-state index contributed by atoms with van der Waals surface area (Å²) in [6, 6.07) is 9.55. The third-order valence-electron chi connectivity index (χ3n) is 2.68. The van der Waals surface area contributed by atoms with Crippen LogP contribution in [0.2, 0.25) is 5.02 Å². The van der Waals surface area contributed by atoms with Gasteiger partial charge in [-0.25, -0.2) is 9.18 Å². The van der Waals surface area contributed by atoms with Crippen LogP contribution in [0.3, 0.4) is 0 Å². The Morgan fingerprint density at radius 2 is 2.00 bits per heavy atom. The van der Waals surface area contributed by atoms with Crippen molar-refractivity contribution in [2.24, 2.45) is 0 Å². The zero-order valence-electron chi connectivity index (χ0n) is 9.58. The van der Waals surface area contributed by atoms with Gasteiger partial charge in [-0.1, -0.05) is 23.7 Å². The van der Waals surface area contributed by atoms with Crippen molar-refractivity contribution >= 4 is 17.6 Å². The maximum Gasteiger partial charge on any atom is 0.338 e. The number of hydrogen-bond donors (Lipinski definition) is 1. The summed E-state index contributed by atoms with van der Waals surface area (Å²) in [5.74, 6) is -2.02. The molecule has 0 bridgehead atoms. The summed E-state index contributed by atoms with van der Waals surface area (Å²) in [6.07, 6.45) is 0. The van der Waals surface area contributed by atoms with Gasteiger partial charge in [0.1, 0.15) is 5.82 Å². The molecule has 1 N–H and O–H groups in total. The van der Waals surface area contributed by atoms with Gasteiger partial charge in [0.05, 0.1) is 5.56 Å². The normalized spacial score (nSPS) is 10.4. The van der Waals surface area contributed by atoms with Crippen LogP contribution in [0, 0.1) is 12.7 Å². The molecule has 2 rings (SSSR count). The molecule has 2 nitrogen and oxygen atoms in total. The fourth-order valence-corrected chi connectivity index (χ4v) is 2.00. The minimum absolute atomic E-state index is 0.321. The molecule has 0 saturated heterocycles. The summed E-state index contributed by atoms with van der Waals surface area (Å²) in [6.45, 7) is 1.74. The summed E-state index contributed by atoms with van der Waals surface area (Å²) in [5, 5.41) is 9.39. The Morgan fingerprint density at radius 1 is 1.28 bits per heavy atom. The van der Waals surface area contributed by atoms with Gasteiger partial charge in [-0.05, 0) is 47.9 Å². The molecule has 2 aromatic rings. The van der Waals surface area contributed by atoms with Crippen molar-refractivity contribution in [2.75, 3.05) is 0 Å². The van der Waals surface area contributed by atoms with Gasteiger partial charge in [0, 0.05) is 5.02 Å². The van der Waals surface area contributed by atoms with Gasteiger partial charge >= 0.3 is 5.97 Å². The molecule has 4 heteroatoms. The lowest BCUT2D eigenvalue weighted by molar-refractivity contribution is 0.0692. The zero-order chi connectivity index (χ0) is 13.3. The number of aromatic carboxylic acids is 1. The third-order valence-corrected chi connectivity index (χ3v) is 2.92. The van der Waals surface area contributed by atoms with E-state index in [-0.39, 0.29) is 5.56 Å². The topological polar surface area (TPSA) is 37.3 Å². The monoisotopic (exact) mass is 264 g/mol. The van der Waals surface area contributed by atoms with Crippen LogP contribution in [0.1, 0.15) is 15.9 Å². The van der Waals surface area contributed by atoms with Crippen molar-refractivity contribution < 1.29 is 14.3 Å². The quantitative estimate of drug-likeness (QED) is 0.885. The number of carboxylic acid groups (broad SMARTS) is 1. The van der Waals surface area contributed by atoms with Crippen molar-refractivity contribution in [1.82, 2.24) is 0 Å². The maximum atomic E-state index is 13.7. The van der Waals surface area contributed by atoms with Crippen LogP contribution in [-0.4, -0.2) is 11.1 Å². The van der Waals surface area contributed by atoms with Gasteiger partial charge in [-0.3, -0.25) is 0 Å². The first kappa shape index (κ1) is 12.6. The fraction of sp³-hybridized carbons (Fsp3) is 0.0714. The van der Waals surface area contributed by atoms with Crippen LogP contribution in [0.15, 0.2) is 36.4 Å². The molecule has 0 aliphatic rings. The Kier molecular flexibility index (Phi) is 3.34. The Morgan fingerprint density at radius 3 is 2.61 bits per heavy atom. The van der Waals surface area contributed by atoms with E-state index in [1.165, 1.54) is 12.1 Å². The molecule has 0 amide bonds. The van der Waals surface area contributed by atoms with Gasteiger partial charge in [0.2, 0.25) is 0 Å². The molecule has 18 heavy (non-hydrogen) atoms. The number of carboxylic acids is 1. The van der Waals surface area contributed by atoms with Gasteiger partial charge in [0.15, 0.2) is 0 Å². The number of carbonyl (C=O) groups is 1. The van der Waals surface area contributed by atoms with E-state index >= 15 is 0 Å². The second kappa shape index (κ2) is 4.78. The Bertz CT molecular complexity index is 623. The van der Waals surface area contributed by atoms with E-state index in [0.29, 0.717) is 16.1 Å². The van der Waals surface area contributed by atoms with Crippen LogP contribution >= 0.6 is 11.6 Å². The molecule has 0 saturated carbocycles. The van der Waals surface area contributed by atoms with Crippen LogP contribution in [0.25, 0.3) is 11.1 Å². The Hall–Kier alpha value is -1.87. The number of halogens is 2. The molecule has 0 unspecified atom stereocenters. The smallest absolute Gasteiger partial charge is 0.338 e. The van der Waals surface area contributed by atoms with Crippen molar-refractivity contribution in [3.8, 4) is 11.1 Å². The Labute approximate surface area is 109 Å². The molecular formula is C14H10ClFO2. The van der Waals surface area contributed by atoms with Crippen LogP contribution < -0.4 is 0 Å². The van der Waals surface area contributed by atoms with Crippen molar-refractivity contribution in [2.45, 2.75) is 6.92 Å². The number of rotatable bonds is 2. The first-order valence-corrected chi connectivity index (χ1v) is 5.66. The highest BCUT2D eigenvalue weighted by atomic mass is 35.5. The third kappa shape index (κ3) is 2.36. The van der Waals surface area contributed by atoms with E-state index in [0.717, 1.165) is 5.56 Å². The van der Waals surface area contributed by atoms with E-state index in [1.807, 2.05) is 0 Å². The highest BCUT2D eigenvalue weighted by Gasteiger charge is 2.14. The number of benzene rings is 2. The summed E-state index contributed by atoms with van der Waals surface area (Å²) < 4.78 is 13.7. The highest BCUT2D eigenvalue weighted by molar-refractivity contribution is 6.30.